The Hall–Kier alpha value is -2.41. The summed E-state index contributed by atoms with van der Waals surface area (Å²) in [4.78, 5) is 41.5. The summed E-state index contributed by atoms with van der Waals surface area (Å²) in [5.41, 5.74) is -1.77. The van der Waals surface area contributed by atoms with Gasteiger partial charge in [-0.05, 0) is 66.2 Å². The Kier molecular flexibility index (Phi) is 7.15. The Morgan fingerprint density at radius 3 is 1.88 bits per heavy atom. The van der Waals surface area contributed by atoms with E-state index in [4.69, 9.17) is 9.47 Å². The number of Topliss-reactive ketones (excluding diaryl/α,β-unsaturated/α-hetero) is 1. The molecule has 1 fully saturated rings. The van der Waals surface area contributed by atoms with Gasteiger partial charge in [0, 0.05) is 32.1 Å². The summed E-state index contributed by atoms with van der Waals surface area (Å²) in [5, 5.41) is 11.2. The molecule has 1 saturated carbocycles. The highest BCUT2D eigenvalue weighted by atomic mass is 16.6. The van der Waals surface area contributed by atoms with E-state index in [1.807, 2.05) is 31.1 Å². The first-order valence-electron chi connectivity index (χ1n) is 10.9. The van der Waals surface area contributed by atoms with Gasteiger partial charge >= 0.3 is 11.9 Å². The molecule has 0 aromatic heterocycles. The molecular weight excluding hydrogens is 410 g/mol. The summed E-state index contributed by atoms with van der Waals surface area (Å²) in [6.45, 7) is 11.8. The monoisotopic (exact) mass is 447 g/mol. The van der Waals surface area contributed by atoms with Crippen molar-refractivity contribution in [2.45, 2.75) is 77.6 Å². The van der Waals surface area contributed by atoms with Crippen molar-refractivity contribution in [2.75, 3.05) is 19.0 Å². The van der Waals surface area contributed by atoms with Crippen molar-refractivity contribution in [3.63, 3.8) is 0 Å². The maximum atomic E-state index is 13.3. The molecule has 32 heavy (non-hydrogen) atoms. The fourth-order valence-corrected chi connectivity index (χ4v) is 4.14. The van der Waals surface area contributed by atoms with E-state index < -0.39 is 52.3 Å². The lowest BCUT2D eigenvalue weighted by Crippen LogP contribution is -2.56. The number of nitrogens with zero attached hydrogens (tertiary/aromatic N) is 1. The van der Waals surface area contributed by atoms with Gasteiger partial charge in [-0.25, -0.2) is 0 Å². The van der Waals surface area contributed by atoms with Crippen molar-refractivity contribution in [2.24, 2.45) is 11.8 Å². The molecule has 2 rings (SSSR count). The second-order valence-corrected chi connectivity index (χ2v) is 11.0. The zero-order valence-electron chi connectivity index (χ0n) is 20.7. The molecule has 4 atom stereocenters. The molecule has 178 valence electrons. The number of hydrogen-bond acceptors (Lipinski definition) is 7. The molecule has 0 spiro atoms. The van der Waals surface area contributed by atoms with Crippen molar-refractivity contribution >= 4 is 23.4 Å². The van der Waals surface area contributed by atoms with Crippen LogP contribution in [-0.2, 0) is 23.9 Å². The topological polar surface area (TPSA) is 93.1 Å². The predicted octanol–water partition coefficient (Wildman–Crippen LogP) is 3.48. The van der Waals surface area contributed by atoms with Crippen LogP contribution >= 0.6 is 0 Å². The van der Waals surface area contributed by atoms with Gasteiger partial charge in [0.05, 0.1) is 11.5 Å². The third kappa shape index (κ3) is 6.09. The van der Waals surface area contributed by atoms with E-state index in [2.05, 4.69) is 0 Å². The van der Waals surface area contributed by atoms with Crippen LogP contribution in [0, 0.1) is 11.8 Å². The van der Waals surface area contributed by atoms with E-state index >= 15 is 0 Å². The number of ketones is 1. The van der Waals surface area contributed by atoms with Crippen LogP contribution < -0.4 is 4.90 Å². The standard InChI is InChI=1S/C25H37NO6/c1-23(2,3)31-21(28)19-17(27)14-25(7,30)20(22(29)32-24(4,5)6)18(19)15-10-12-16(13-11-15)26(8)9/h10-13,18-20,30H,14H2,1-9H3/t18-,19-,20-,25+/m0/s1. The van der Waals surface area contributed by atoms with Crippen LogP contribution in [-0.4, -0.2) is 53.7 Å². The minimum absolute atomic E-state index is 0.340. The molecule has 0 saturated heterocycles. The average Bonchev–Trinajstić information content (AvgIpc) is 2.56. The molecule has 0 radical (unpaired) electrons. The molecule has 1 aliphatic rings. The maximum absolute atomic E-state index is 13.3. The summed E-state index contributed by atoms with van der Waals surface area (Å²) in [6, 6.07) is 7.26. The molecule has 1 N–H and O–H groups in total. The normalized spacial score (nSPS) is 26.4. The third-order valence-corrected chi connectivity index (χ3v) is 5.38. The molecule has 7 nitrogen and oxygen atoms in total. The Labute approximate surface area is 191 Å². The molecule has 0 unspecified atom stereocenters. The Morgan fingerprint density at radius 1 is 0.969 bits per heavy atom. The highest BCUT2D eigenvalue weighted by Crippen LogP contribution is 2.47. The Balaban J connectivity index is 2.64. The first kappa shape index (κ1) is 25.8. The van der Waals surface area contributed by atoms with E-state index in [9.17, 15) is 19.5 Å². The fourth-order valence-electron chi connectivity index (χ4n) is 4.14. The van der Waals surface area contributed by atoms with Gasteiger partial charge < -0.3 is 19.5 Å². The van der Waals surface area contributed by atoms with Gasteiger partial charge in [0.2, 0.25) is 0 Å². The van der Waals surface area contributed by atoms with Gasteiger partial charge in [-0.1, -0.05) is 12.1 Å². The molecule has 0 bridgehead atoms. The van der Waals surface area contributed by atoms with E-state index in [-0.39, 0.29) is 6.42 Å². The van der Waals surface area contributed by atoms with Crippen LogP contribution in [0.3, 0.4) is 0 Å². The maximum Gasteiger partial charge on any atom is 0.317 e. The molecule has 1 aromatic rings. The first-order chi connectivity index (χ1) is 14.4. The van der Waals surface area contributed by atoms with Gasteiger partial charge in [-0.2, -0.15) is 0 Å². The van der Waals surface area contributed by atoms with Gasteiger partial charge in [-0.15, -0.1) is 0 Å². The quantitative estimate of drug-likeness (QED) is 0.558. The lowest BCUT2D eigenvalue weighted by atomic mass is 9.61. The summed E-state index contributed by atoms with van der Waals surface area (Å²) >= 11 is 0. The Morgan fingerprint density at radius 2 is 1.44 bits per heavy atom. The number of ether oxygens (including phenoxy) is 2. The zero-order valence-corrected chi connectivity index (χ0v) is 20.7. The second-order valence-electron chi connectivity index (χ2n) is 11.0. The number of hydrogen-bond donors (Lipinski definition) is 1. The van der Waals surface area contributed by atoms with Crippen LogP contribution in [0.15, 0.2) is 24.3 Å². The van der Waals surface area contributed by atoms with Gasteiger partial charge in [0.1, 0.15) is 17.1 Å². The number of carbonyl (C=O) groups is 3. The van der Waals surface area contributed by atoms with Crippen LogP contribution in [0.25, 0.3) is 0 Å². The zero-order chi connectivity index (χ0) is 24.6. The lowest BCUT2D eigenvalue weighted by Gasteiger charge is -2.44. The Bertz CT molecular complexity index is 858. The van der Waals surface area contributed by atoms with E-state index in [1.165, 1.54) is 6.92 Å². The summed E-state index contributed by atoms with van der Waals surface area (Å²) < 4.78 is 11.2. The second kappa shape index (κ2) is 8.85. The number of benzene rings is 1. The molecule has 0 amide bonds. The molecule has 0 heterocycles. The number of rotatable bonds is 4. The number of carbonyl (C=O) groups excluding carboxylic acids is 3. The van der Waals surface area contributed by atoms with Gasteiger partial charge in [0.25, 0.3) is 0 Å². The molecule has 1 aromatic carbocycles. The van der Waals surface area contributed by atoms with Crippen molar-refractivity contribution < 1.29 is 29.0 Å². The minimum Gasteiger partial charge on any atom is -0.460 e. The highest BCUT2D eigenvalue weighted by Gasteiger charge is 2.57. The van der Waals surface area contributed by atoms with Gasteiger partial charge in [0.15, 0.2) is 5.78 Å². The largest absolute Gasteiger partial charge is 0.460 e. The average molecular weight is 448 g/mol. The first-order valence-corrected chi connectivity index (χ1v) is 10.9. The van der Waals surface area contributed by atoms with Crippen LogP contribution in [0.2, 0.25) is 0 Å². The van der Waals surface area contributed by atoms with Crippen LogP contribution in [0.4, 0.5) is 5.69 Å². The van der Waals surface area contributed by atoms with E-state index in [0.29, 0.717) is 5.56 Å². The molecule has 7 heteroatoms. The smallest absolute Gasteiger partial charge is 0.317 e. The lowest BCUT2D eigenvalue weighted by molar-refractivity contribution is -0.182. The number of aliphatic hydroxyl groups is 1. The number of esters is 2. The highest BCUT2D eigenvalue weighted by molar-refractivity contribution is 6.03. The van der Waals surface area contributed by atoms with Crippen molar-refractivity contribution in [1.82, 2.24) is 0 Å². The summed E-state index contributed by atoms with van der Waals surface area (Å²) in [6.07, 6.45) is -0.340. The number of anilines is 1. The van der Waals surface area contributed by atoms with Crippen molar-refractivity contribution in [1.29, 1.82) is 0 Å². The van der Waals surface area contributed by atoms with Crippen molar-refractivity contribution in [3.8, 4) is 0 Å². The third-order valence-electron chi connectivity index (χ3n) is 5.38. The van der Waals surface area contributed by atoms with E-state index in [0.717, 1.165) is 5.69 Å². The summed E-state index contributed by atoms with van der Waals surface area (Å²) in [5.74, 6) is -5.07. The van der Waals surface area contributed by atoms with Crippen molar-refractivity contribution in [3.05, 3.63) is 29.8 Å². The SMILES string of the molecule is CN(C)c1ccc([C@H]2[C@@H](C(=O)OC(C)(C)C)C(=O)C[C@@](C)(O)[C@@H]2C(=O)OC(C)(C)C)cc1. The van der Waals surface area contributed by atoms with Crippen LogP contribution in [0.5, 0.6) is 0 Å². The molecule has 0 aliphatic heterocycles. The predicted molar refractivity (Wildman–Crippen MR) is 122 cm³/mol. The van der Waals surface area contributed by atoms with Crippen LogP contribution in [0.1, 0.15) is 66.4 Å². The van der Waals surface area contributed by atoms with Gasteiger partial charge in [-0.3, -0.25) is 14.4 Å². The minimum atomic E-state index is -1.68. The summed E-state index contributed by atoms with van der Waals surface area (Å²) in [7, 11) is 3.80. The molecular formula is C25H37NO6. The fraction of sp³-hybridized carbons (Fsp3) is 0.640. The molecule has 1 aliphatic carbocycles. The van der Waals surface area contributed by atoms with E-state index in [1.54, 1.807) is 53.7 Å².